The highest BCUT2D eigenvalue weighted by Gasteiger charge is 2.30. The van der Waals surface area contributed by atoms with Gasteiger partial charge in [-0.15, -0.1) is 0 Å². The first kappa shape index (κ1) is 13.5. The Bertz CT molecular complexity index is 489. The summed E-state index contributed by atoms with van der Waals surface area (Å²) >= 11 is 0. The number of carbonyl (C=O) groups is 2. The summed E-state index contributed by atoms with van der Waals surface area (Å²) in [7, 11) is 1.60. The van der Waals surface area contributed by atoms with Gasteiger partial charge in [0, 0.05) is 19.9 Å². The van der Waals surface area contributed by atoms with Crippen LogP contribution in [0.5, 0.6) is 0 Å². The van der Waals surface area contributed by atoms with Crippen molar-refractivity contribution in [2.45, 2.75) is 18.9 Å². The molecule has 1 atom stereocenters. The van der Waals surface area contributed by atoms with E-state index in [1.165, 1.54) is 18.3 Å². The molecule has 1 aromatic heterocycles. The van der Waals surface area contributed by atoms with Gasteiger partial charge in [-0.05, 0) is 25.0 Å². The second-order valence-corrected chi connectivity index (χ2v) is 4.48. The summed E-state index contributed by atoms with van der Waals surface area (Å²) in [5.74, 6) is -1.30. The first-order valence-electron chi connectivity index (χ1n) is 6.12. The van der Waals surface area contributed by atoms with Crippen LogP contribution in [-0.2, 0) is 4.74 Å². The number of rotatable bonds is 4. The molecule has 102 valence electrons. The molecule has 0 unspecified atom stereocenters. The van der Waals surface area contributed by atoms with Crippen LogP contribution in [0.15, 0.2) is 18.3 Å². The van der Waals surface area contributed by atoms with Crippen molar-refractivity contribution in [1.82, 2.24) is 9.88 Å². The molecule has 0 aliphatic carbocycles. The zero-order chi connectivity index (χ0) is 13.8. The van der Waals surface area contributed by atoms with Gasteiger partial charge in [-0.2, -0.15) is 0 Å². The highest BCUT2D eigenvalue weighted by molar-refractivity contribution is 5.96. The van der Waals surface area contributed by atoms with Crippen molar-refractivity contribution < 1.29 is 19.4 Å². The first-order chi connectivity index (χ1) is 9.13. The SMILES string of the molecule is COC[C@H]1CCCN1C(=O)c1cc(C(=O)O)ccn1. The highest BCUT2D eigenvalue weighted by atomic mass is 16.5. The third kappa shape index (κ3) is 2.90. The average Bonchev–Trinajstić information content (AvgIpc) is 2.86. The van der Waals surface area contributed by atoms with Crippen LogP contribution >= 0.6 is 0 Å². The average molecular weight is 264 g/mol. The van der Waals surface area contributed by atoms with Crippen LogP contribution in [0.25, 0.3) is 0 Å². The van der Waals surface area contributed by atoms with Gasteiger partial charge >= 0.3 is 5.97 Å². The van der Waals surface area contributed by atoms with E-state index >= 15 is 0 Å². The fraction of sp³-hybridized carbons (Fsp3) is 0.462. The summed E-state index contributed by atoms with van der Waals surface area (Å²) in [5.41, 5.74) is 0.240. The minimum atomic E-state index is -1.06. The summed E-state index contributed by atoms with van der Waals surface area (Å²) in [5, 5.41) is 8.92. The van der Waals surface area contributed by atoms with Crippen LogP contribution < -0.4 is 0 Å². The lowest BCUT2D eigenvalue weighted by atomic mass is 10.2. The Morgan fingerprint density at radius 3 is 3.05 bits per heavy atom. The van der Waals surface area contributed by atoms with E-state index in [0.29, 0.717) is 13.2 Å². The molecule has 0 saturated carbocycles. The number of hydrogen-bond donors (Lipinski definition) is 1. The number of hydrogen-bond acceptors (Lipinski definition) is 4. The summed E-state index contributed by atoms with van der Waals surface area (Å²) in [6.07, 6.45) is 3.18. The van der Waals surface area contributed by atoms with E-state index in [9.17, 15) is 9.59 Å². The topological polar surface area (TPSA) is 79.7 Å². The molecule has 2 rings (SSSR count). The molecule has 2 heterocycles. The Morgan fingerprint density at radius 2 is 2.37 bits per heavy atom. The maximum Gasteiger partial charge on any atom is 0.335 e. The molecule has 1 N–H and O–H groups in total. The van der Waals surface area contributed by atoms with E-state index in [2.05, 4.69) is 4.98 Å². The van der Waals surface area contributed by atoms with Gasteiger partial charge in [0.2, 0.25) is 0 Å². The largest absolute Gasteiger partial charge is 0.478 e. The molecule has 6 heteroatoms. The minimum Gasteiger partial charge on any atom is -0.478 e. The molecule has 0 bridgehead atoms. The highest BCUT2D eigenvalue weighted by Crippen LogP contribution is 2.20. The van der Waals surface area contributed by atoms with Crippen molar-refractivity contribution in [3.8, 4) is 0 Å². The summed E-state index contributed by atoms with van der Waals surface area (Å²) in [6, 6.07) is 2.73. The molecule has 1 aliphatic rings. The Balaban J connectivity index is 2.19. The summed E-state index contributed by atoms with van der Waals surface area (Å²) < 4.78 is 5.10. The summed E-state index contributed by atoms with van der Waals surface area (Å²) in [6.45, 7) is 1.15. The zero-order valence-corrected chi connectivity index (χ0v) is 10.7. The van der Waals surface area contributed by atoms with E-state index in [-0.39, 0.29) is 23.2 Å². The van der Waals surface area contributed by atoms with Crippen molar-refractivity contribution in [2.75, 3.05) is 20.3 Å². The zero-order valence-electron chi connectivity index (χ0n) is 10.7. The predicted octanol–water partition coefficient (Wildman–Crippen LogP) is 1.03. The van der Waals surface area contributed by atoms with Crippen molar-refractivity contribution in [2.24, 2.45) is 0 Å². The number of nitrogens with zero attached hydrogens (tertiary/aromatic N) is 2. The number of aromatic nitrogens is 1. The number of amides is 1. The Morgan fingerprint density at radius 1 is 1.58 bits per heavy atom. The number of carboxylic acid groups (broad SMARTS) is 1. The molecule has 1 fully saturated rings. The molecule has 0 radical (unpaired) electrons. The standard InChI is InChI=1S/C13H16N2O4/c1-19-8-10-3-2-6-15(10)12(16)11-7-9(13(17)18)4-5-14-11/h4-5,7,10H,2-3,6,8H2,1H3,(H,17,18)/t10-/m1/s1. The summed E-state index contributed by atoms with van der Waals surface area (Å²) in [4.78, 5) is 28.9. The third-order valence-corrected chi connectivity index (χ3v) is 3.22. The monoisotopic (exact) mass is 264 g/mol. The van der Waals surface area contributed by atoms with Crippen LogP contribution in [0.1, 0.15) is 33.7 Å². The molecule has 0 aromatic carbocycles. The van der Waals surface area contributed by atoms with Crippen molar-refractivity contribution in [3.63, 3.8) is 0 Å². The number of aromatic carboxylic acids is 1. The van der Waals surface area contributed by atoms with Crippen molar-refractivity contribution in [3.05, 3.63) is 29.6 Å². The van der Waals surface area contributed by atoms with Gasteiger partial charge in [-0.3, -0.25) is 9.78 Å². The van der Waals surface area contributed by atoms with Crippen LogP contribution in [0, 0.1) is 0 Å². The Labute approximate surface area is 111 Å². The van der Waals surface area contributed by atoms with Crippen LogP contribution in [0.3, 0.4) is 0 Å². The lowest BCUT2D eigenvalue weighted by Gasteiger charge is -2.23. The number of likely N-dealkylation sites (tertiary alicyclic amines) is 1. The fourth-order valence-corrected chi connectivity index (χ4v) is 2.30. The third-order valence-electron chi connectivity index (χ3n) is 3.22. The number of methoxy groups -OCH3 is 1. The van der Waals surface area contributed by atoms with E-state index in [0.717, 1.165) is 12.8 Å². The van der Waals surface area contributed by atoms with Gasteiger partial charge in [0.1, 0.15) is 5.69 Å². The fourth-order valence-electron chi connectivity index (χ4n) is 2.30. The van der Waals surface area contributed by atoms with Crippen molar-refractivity contribution in [1.29, 1.82) is 0 Å². The quantitative estimate of drug-likeness (QED) is 0.878. The maximum atomic E-state index is 12.3. The van der Waals surface area contributed by atoms with Crippen LogP contribution in [0.4, 0.5) is 0 Å². The molecule has 1 saturated heterocycles. The van der Waals surface area contributed by atoms with Crippen LogP contribution in [-0.4, -0.2) is 53.2 Å². The van der Waals surface area contributed by atoms with E-state index in [1.54, 1.807) is 12.0 Å². The normalized spacial score (nSPS) is 18.6. The van der Waals surface area contributed by atoms with Gasteiger partial charge in [0.05, 0.1) is 18.2 Å². The van der Waals surface area contributed by atoms with E-state index in [1.807, 2.05) is 0 Å². The van der Waals surface area contributed by atoms with Gasteiger partial charge in [0.15, 0.2) is 0 Å². The maximum absolute atomic E-state index is 12.3. The molecule has 6 nitrogen and oxygen atoms in total. The van der Waals surface area contributed by atoms with E-state index in [4.69, 9.17) is 9.84 Å². The second kappa shape index (κ2) is 5.79. The molecule has 1 aromatic rings. The smallest absolute Gasteiger partial charge is 0.335 e. The van der Waals surface area contributed by atoms with Crippen LogP contribution in [0.2, 0.25) is 0 Å². The molecular formula is C13H16N2O4. The number of carbonyl (C=O) groups excluding carboxylic acids is 1. The molecule has 1 amide bonds. The molecule has 1 aliphatic heterocycles. The Hall–Kier alpha value is -1.95. The lowest BCUT2D eigenvalue weighted by molar-refractivity contribution is 0.0625. The van der Waals surface area contributed by atoms with E-state index < -0.39 is 5.97 Å². The second-order valence-electron chi connectivity index (χ2n) is 4.48. The Kier molecular flexibility index (Phi) is 4.11. The molecule has 19 heavy (non-hydrogen) atoms. The molecular weight excluding hydrogens is 248 g/mol. The lowest BCUT2D eigenvalue weighted by Crippen LogP contribution is -2.38. The minimum absolute atomic E-state index is 0.0489. The molecule has 0 spiro atoms. The van der Waals surface area contributed by atoms with Gasteiger partial charge in [0.25, 0.3) is 5.91 Å². The van der Waals surface area contributed by atoms with Gasteiger partial charge in [-0.1, -0.05) is 0 Å². The van der Waals surface area contributed by atoms with Crippen molar-refractivity contribution >= 4 is 11.9 Å². The first-order valence-corrected chi connectivity index (χ1v) is 6.12. The number of carboxylic acids is 1. The number of pyridine rings is 1. The predicted molar refractivity (Wildman–Crippen MR) is 67.1 cm³/mol. The van der Waals surface area contributed by atoms with Gasteiger partial charge < -0.3 is 14.7 Å². The van der Waals surface area contributed by atoms with Gasteiger partial charge in [-0.25, -0.2) is 4.79 Å². The number of ether oxygens (including phenoxy) is 1.